The van der Waals surface area contributed by atoms with Crippen LogP contribution in [0.25, 0.3) is 11.2 Å². The number of nitrogens with one attached hydrogen (secondary N) is 2. The number of anilines is 1. The summed E-state index contributed by atoms with van der Waals surface area (Å²) in [5, 5.41) is 25.9. The number of imidazole rings is 1. The van der Waals surface area contributed by atoms with Crippen LogP contribution in [0.2, 0.25) is 0 Å². The van der Waals surface area contributed by atoms with Gasteiger partial charge >= 0.3 is 13.4 Å². The van der Waals surface area contributed by atoms with E-state index in [4.69, 9.17) is 29.0 Å². The summed E-state index contributed by atoms with van der Waals surface area (Å²) in [5.74, 6) is 0.195. The normalized spacial score (nSPS) is 27.8. The zero-order valence-corrected chi connectivity index (χ0v) is 26.2. The van der Waals surface area contributed by atoms with Gasteiger partial charge in [0.05, 0.1) is 19.5 Å². The Morgan fingerprint density at radius 3 is 2.80 bits per heavy atom. The minimum absolute atomic E-state index is 0.145. The highest BCUT2D eigenvalue weighted by molar-refractivity contribution is 7.51. The number of ether oxygens (including phenoxy) is 3. The molecule has 4 unspecified atom stereocenters. The highest BCUT2D eigenvalue weighted by Crippen LogP contribution is 2.49. The van der Waals surface area contributed by atoms with Crippen LogP contribution in [0.5, 0.6) is 0 Å². The van der Waals surface area contributed by atoms with Gasteiger partial charge in [0.1, 0.15) is 48.6 Å². The molecule has 2 aliphatic rings. The number of aliphatic hydroxyl groups is 2. The third-order valence-electron chi connectivity index (χ3n) is 7.71. The molecule has 0 bridgehead atoms. The maximum atomic E-state index is 14.3. The van der Waals surface area contributed by atoms with E-state index in [1.807, 2.05) is 17.5 Å². The number of nitrogens with two attached hydrogens (primary N) is 1. The number of hydrogen-bond acceptors (Lipinski definition) is 15. The van der Waals surface area contributed by atoms with Gasteiger partial charge in [0.15, 0.2) is 17.7 Å². The SMILES string of the molecule is COC1C(O)[C@@H](COP(=O)(NCCc2cccs2)OC2C[C@H](n3cnc4c(N)ncnc43)O[C@@H]2CO)O[C@H]1n1ccc(=O)[nH]c1=O. The smallest absolute Gasteiger partial charge is 0.394 e. The maximum absolute atomic E-state index is 14.3. The van der Waals surface area contributed by atoms with Gasteiger partial charge in [-0.1, -0.05) is 6.07 Å². The molecular weight excluding hydrogens is 647 g/mol. The summed E-state index contributed by atoms with van der Waals surface area (Å²) in [6.07, 6.45) is -2.35. The van der Waals surface area contributed by atoms with Crippen molar-refractivity contribution in [1.82, 2.24) is 34.2 Å². The van der Waals surface area contributed by atoms with Crippen LogP contribution in [-0.4, -0.2) is 96.7 Å². The molecule has 0 aliphatic carbocycles. The van der Waals surface area contributed by atoms with E-state index >= 15 is 0 Å². The first-order valence-corrected chi connectivity index (χ1v) is 16.7. The summed E-state index contributed by atoms with van der Waals surface area (Å²) >= 11 is 1.54. The van der Waals surface area contributed by atoms with Gasteiger partial charge in [-0.05, 0) is 17.9 Å². The topological polar surface area (TPSA) is 240 Å². The van der Waals surface area contributed by atoms with Gasteiger partial charge in [-0.2, -0.15) is 0 Å². The fourth-order valence-corrected chi connectivity index (χ4v) is 7.67. The van der Waals surface area contributed by atoms with Crippen LogP contribution >= 0.6 is 19.1 Å². The molecular formula is C26H33N8O10PS. The number of nitrogen functional groups attached to an aromatic ring is 1. The van der Waals surface area contributed by atoms with E-state index in [2.05, 4.69) is 25.0 Å². The molecule has 2 saturated heterocycles. The molecule has 248 valence electrons. The number of aromatic nitrogens is 6. The van der Waals surface area contributed by atoms with Crippen LogP contribution < -0.4 is 22.1 Å². The lowest BCUT2D eigenvalue weighted by Gasteiger charge is -2.26. The number of rotatable bonds is 13. The first-order valence-electron chi connectivity index (χ1n) is 14.3. The van der Waals surface area contributed by atoms with E-state index in [9.17, 15) is 24.4 Å². The average Bonchev–Trinajstić information content (AvgIpc) is 3.83. The first-order chi connectivity index (χ1) is 22.2. The van der Waals surface area contributed by atoms with E-state index in [0.29, 0.717) is 17.6 Å². The van der Waals surface area contributed by atoms with Crippen molar-refractivity contribution in [2.45, 2.75) is 55.8 Å². The van der Waals surface area contributed by atoms with Gasteiger partial charge in [-0.25, -0.2) is 29.4 Å². The Morgan fingerprint density at radius 1 is 1.22 bits per heavy atom. The quantitative estimate of drug-likeness (QED) is 0.116. The Kier molecular flexibility index (Phi) is 9.76. The summed E-state index contributed by atoms with van der Waals surface area (Å²) in [5.41, 5.74) is 5.36. The van der Waals surface area contributed by atoms with E-state index < -0.39 is 75.2 Å². The maximum Gasteiger partial charge on any atom is 0.405 e. The molecule has 4 aromatic rings. The van der Waals surface area contributed by atoms with Crippen LogP contribution in [0.15, 0.2) is 52.0 Å². The Morgan fingerprint density at radius 2 is 2.07 bits per heavy atom. The molecule has 0 spiro atoms. The minimum Gasteiger partial charge on any atom is -0.394 e. The monoisotopic (exact) mass is 680 g/mol. The van der Waals surface area contributed by atoms with Crippen molar-refractivity contribution in [3.63, 3.8) is 0 Å². The number of H-pyrrole nitrogens is 1. The Labute approximate surface area is 264 Å². The number of hydrogen-bond donors (Lipinski definition) is 5. The number of thiophene rings is 1. The van der Waals surface area contributed by atoms with E-state index in [1.54, 1.807) is 4.57 Å². The van der Waals surface area contributed by atoms with Gasteiger partial charge in [0.2, 0.25) is 0 Å². The zero-order chi connectivity index (χ0) is 32.4. The molecule has 2 aliphatic heterocycles. The fraction of sp³-hybridized carbons (Fsp3) is 0.500. The van der Waals surface area contributed by atoms with Crippen LogP contribution in [0.1, 0.15) is 23.8 Å². The van der Waals surface area contributed by atoms with Crippen molar-refractivity contribution < 1.29 is 38.0 Å². The Bertz CT molecular complexity index is 1800. The number of aliphatic hydroxyl groups excluding tert-OH is 2. The van der Waals surface area contributed by atoms with E-state index in [1.165, 1.54) is 37.3 Å². The summed E-state index contributed by atoms with van der Waals surface area (Å²) in [6, 6.07) is 4.98. The van der Waals surface area contributed by atoms with Crippen LogP contribution in [-0.2, 0) is 34.2 Å². The second-order valence-electron chi connectivity index (χ2n) is 10.6. The minimum atomic E-state index is -4.17. The van der Waals surface area contributed by atoms with Gasteiger partial charge < -0.3 is 30.2 Å². The number of aromatic amines is 1. The molecule has 2 fully saturated rings. The van der Waals surface area contributed by atoms with Crippen molar-refractivity contribution in [1.29, 1.82) is 0 Å². The summed E-state index contributed by atoms with van der Waals surface area (Å²) < 4.78 is 46.2. The van der Waals surface area contributed by atoms with Crippen molar-refractivity contribution in [3.8, 4) is 0 Å². The van der Waals surface area contributed by atoms with Gasteiger partial charge in [-0.15, -0.1) is 11.3 Å². The fourth-order valence-electron chi connectivity index (χ4n) is 5.42. The van der Waals surface area contributed by atoms with Crippen molar-refractivity contribution in [2.75, 3.05) is 32.6 Å². The average molecular weight is 681 g/mol. The third-order valence-corrected chi connectivity index (χ3v) is 10.3. The molecule has 6 N–H and O–H groups in total. The lowest BCUT2D eigenvalue weighted by Crippen LogP contribution is -2.39. The van der Waals surface area contributed by atoms with Crippen LogP contribution in [0.4, 0.5) is 5.82 Å². The molecule has 18 nitrogen and oxygen atoms in total. The molecule has 0 aromatic carbocycles. The van der Waals surface area contributed by atoms with Gasteiger partial charge in [-0.3, -0.25) is 28.0 Å². The summed E-state index contributed by atoms with van der Waals surface area (Å²) in [7, 11) is -2.83. The van der Waals surface area contributed by atoms with Gasteiger partial charge in [0, 0.05) is 37.2 Å². The zero-order valence-electron chi connectivity index (χ0n) is 24.4. The molecule has 0 amide bonds. The molecule has 20 heteroatoms. The lowest BCUT2D eigenvalue weighted by molar-refractivity contribution is -0.0634. The van der Waals surface area contributed by atoms with E-state index in [0.717, 1.165) is 15.5 Å². The molecule has 8 atom stereocenters. The van der Waals surface area contributed by atoms with Crippen molar-refractivity contribution >= 4 is 36.1 Å². The predicted molar refractivity (Wildman–Crippen MR) is 162 cm³/mol. The van der Waals surface area contributed by atoms with Crippen LogP contribution in [0, 0.1) is 0 Å². The predicted octanol–water partition coefficient (Wildman–Crippen LogP) is -0.0845. The van der Waals surface area contributed by atoms with Crippen molar-refractivity contribution in [3.05, 3.63) is 68.1 Å². The first kappa shape index (κ1) is 32.6. The standard InChI is InChI=1S/C26H33N8O10PS/c1-40-22-21(37)17(43-25(22)33-7-5-18(36)32-26(33)38)11-41-45(39,31-6-4-14-3-2-8-46-14)44-15-9-19(42-16(15)10-35)34-13-30-20-23(27)28-12-29-24(20)34/h2-3,5,7-8,12-13,15-17,19,21-22,25,35,37H,4,6,9-11H2,1H3,(H,31,39)(H2,27,28,29)(H,32,36,38)/t15?,16-,17-,19-,21?,22?,25-,45?/m1/s1. The second kappa shape index (κ2) is 13.8. The molecule has 4 aromatic heterocycles. The number of nitrogens with zero attached hydrogens (tertiary/aromatic N) is 5. The second-order valence-corrected chi connectivity index (χ2v) is 13.4. The molecule has 0 saturated carbocycles. The largest absolute Gasteiger partial charge is 0.405 e. The third kappa shape index (κ3) is 6.70. The molecule has 46 heavy (non-hydrogen) atoms. The Hall–Kier alpha value is -3.36. The van der Waals surface area contributed by atoms with Gasteiger partial charge in [0.25, 0.3) is 5.56 Å². The van der Waals surface area contributed by atoms with E-state index in [-0.39, 0.29) is 18.8 Å². The highest BCUT2D eigenvalue weighted by atomic mass is 32.1. The summed E-state index contributed by atoms with van der Waals surface area (Å²) in [6.45, 7) is -0.664. The number of methoxy groups -OCH3 is 1. The summed E-state index contributed by atoms with van der Waals surface area (Å²) in [4.78, 5) is 39.6. The van der Waals surface area contributed by atoms with Crippen molar-refractivity contribution in [2.24, 2.45) is 0 Å². The molecule has 6 heterocycles. The highest BCUT2D eigenvalue weighted by Gasteiger charge is 2.47. The van der Waals surface area contributed by atoms with Crippen LogP contribution in [0.3, 0.4) is 0 Å². The molecule has 6 rings (SSSR count). The Balaban J connectivity index is 1.19. The molecule has 0 radical (unpaired) electrons. The number of fused-ring (bicyclic) bond motifs is 1. The lowest BCUT2D eigenvalue weighted by atomic mass is 10.1.